The Labute approximate surface area is 193 Å². The number of amides is 2. The summed E-state index contributed by atoms with van der Waals surface area (Å²) in [6, 6.07) is 10.2. The molecule has 3 aromatic rings. The van der Waals surface area contributed by atoms with Gasteiger partial charge in [-0.05, 0) is 93.1 Å². The van der Waals surface area contributed by atoms with Crippen molar-refractivity contribution in [2.45, 2.75) is 71.5 Å². The van der Waals surface area contributed by atoms with E-state index in [2.05, 4.69) is 19.2 Å². The second-order valence-corrected chi connectivity index (χ2v) is 10.8. The van der Waals surface area contributed by atoms with Gasteiger partial charge in [-0.2, -0.15) is 0 Å². The van der Waals surface area contributed by atoms with Gasteiger partial charge in [-0.15, -0.1) is 11.3 Å². The highest BCUT2D eigenvalue weighted by atomic mass is 32.1. The number of hydrogen-bond acceptors (Lipinski definition) is 3. The van der Waals surface area contributed by atoms with E-state index in [1.165, 1.54) is 5.56 Å². The lowest BCUT2D eigenvalue weighted by atomic mass is 9.86. The Morgan fingerprint density at radius 1 is 1.09 bits per heavy atom. The monoisotopic (exact) mass is 449 g/mol. The van der Waals surface area contributed by atoms with E-state index in [1.807, 2.05) is 54.1 Å². The molecule has 5 rings (SSSR count). The van der Waals surface area contributed by atoms with E-state index in [1.54, 1.807) is 16.2 Å². The van der Waals surface area contributed by atoms with Gasteiger partial charge in [0, 0.05) is 11.7 Å². The summed E-state index contributed by atoms with van der Waals surface area (Å²) in [5.41, 5.74) is 3.74. The van der Waals surface area contributed by atoms with Crippen LogP contribution in [0.25, 0.3) is 10.2 Å². The van der Waals surface area contributed by atoms with Crippen LogP contribution in [0.4, 0.5) is 5.69 Å². The molecule has 0 saturated heterocycles. The van der Waals surface area contributed by atoms with Crippen LogP contribution in [0.3, 0.4) is 0 Å². The minimum atomic E-state index is -1.01. The van der Waals surface area contributed by atoms with E-state index < -0.39 is 5.54 Å². The summed E-state index contributed by atoms with van der Waals surface area (Å²) >= 11 is 1.63. The number of thiophene rings is 1. The van der Waals surface area contributed by atoms with E-state index in [0.29, 0.717) is 12.2 Å². The molecule has 168 valence electrons. The highest BCUT2D eigenvalue weighted by Crippen LogP contribution is 2.38. The number of benzene rings is 1. The Morgan fingerprint density at radius 2 is 1.84 bits per heavy atom. The Balaban J connectivity index is 1.57. The van der Waals surface area contributed by atoms with Crippen molar-refractivity contribution in [3.05, 3.63) is 52.5 Å². The van der Waals surface area contributed by atoms with Crippen molar-refractivity contribution < 1.29 is 9.59 Å². The van der Waals surface area contributed by atoms with Gasteiger partial charge >= 0.3 is 0 Å². The number of carbonyl (C=O) groups is 2. The van der Waals surface area contributed by atoms with E-state index >= 15 is 0 Å². The molecule has 1 atom stereocenters. The lowest BCUT2D eigenvalue weighted by molar-refractivity contribution is -0.127. The first-order chi connectivity index (χ1) is 15.3. The van der Waals surface area contributed by atoms with Crippen LogP contribution in [-0.4, -0.2) is 28.0 Å². The molecule has 3 heterocycles. The van der Waals surface area contributed by atoms with Gasteiger partial charge in [0.05, 0.1) is 16.8 Å². The zero-order valence-corrected chi connectivity index (χ0v) is 20.1. The molecule has 2 aromatic heterocycles. The fourth-order valence-electron chi connectivity index (χ4n) is 5.23. The predicted molar refractivity (Wildman–Crippen MR) is 131 cm³/mol. The molecule has 2 amide bonds. The van der Waals surface area contributed by atoms with Crippen LogP contribution < -0.4 is 10.2 Å². The number of aromatic nitrogens is 1. The summed E-state index contributed by atoms with van der Waals surface area (Å²) < 4.78 is 3.12. The molecule has 1 saturated carbocycles. The van der Waals surface area contributed by atoms with Crippen LogP contribution in [0.15, 0.2) is 35.7 Å². The standard InChI is InChI=1S/C26H31N3O2S/c1-16-5-8-19(9-6-16)27-25(31)26(4)15-28-21-11-12-32-23(21)14-22(28)24(30)29(26)20-10-7-17(2)18(3)13-20/h7,10-14,16,19H,5-6,8-9,15H2,1-4H3,(H,27,31)/t16?,19?,26-/m0/s1. The second-order valence-electron chi connectivity index (χ2n) is 9.90. The molecule has 0 bridgehead atoms. The minimum absolute atomic E-state index is 0.0636. The van der Waals surface area contributed by atoms with Gasteiger partial charge in [0.2, 0.25) is 5.91 Å². The van der Waals surface area contributed by atoms with Gasteiger partial charge in [0.25, 0.3) is 5.91 Å². The molecular formula is C26H31N3O2S. The molecule has 0 radical (unpaired) electrons. The summed E-state index contributed by atoms with van der Waals surface area (Å²) in [6.07, 6.45) is 4.28. The molecule has 0 spiro atoms. The summed E-state index contributed by atoms with van der Waals surface area (Å²) in [5.74, 6) is 0.542. The molecule has 6 heteroatoms. The number of carbonyl (C=O) groups excluding carboxylic acids is 2. The molecule has 1 aromatic carbocycles. The maximum atomic E-state index is 13.9. The quantitative estimate of drug-likeness (QED) is 0.579. The van der Waals surface area contributed by atoms with Gasteiger partial charge in [-0.25, -0.2) is 0 Å². The number of nitrogens with zero attached hydrogens (tertiary/aromatic N) is 2. The molecular weight excluding hydrogens is 418 g/mol. The molecule has 1 N–H and O–H groups in total. The first kappa shape index (κ1) is 21.3. The topological polar surface area (TPSA) is 54.3 Å². The van der Waals surface area contributed by atoms with Crippen molar-refractivity contribution in [1.29, 1.82) is 0 Å². The fourth-order valence-corrected chi connectivity index (χ4v) is 6.05. The van der Waals surface area contributed by atoms with Crippen molar-refractivity contribution in [2.75, 3.05) is 4.90 Å². The first-order valence-corrected chi connectivity index (χ1v) is 12.5. The van der Waals surface area contributed by atoms with E-state index in [4.69, 9.17) is 0 Å². The van der Waals surface area contributed by atoms with Crippen LogP contribution in [0.5, 0.6) is 0 Å². The molecule has 2 aliphatic rings. The summed E-state index contributed by atoms with van der Waals surface area (Å²) in [5, 5.41) is 5.36. The second kappa shape index (κ2) is 7.77. The lowest BCUT2D eigenvalue weighted by Crippen LogP contribution is -2.65. The zero-order chi connectivity index (χ0) is 22.6. The van der Waals surface area contributed by atoms with Crippen molar-refractivity contribution >= 4 is 39.1 Å². The Morgan fingerprint density at radius 3 is 2.56 bits per heavy atom. The molecule has 1 aliphatic carbocycles. The molecule has 1 fully saturated rings. The molecule has 5 nitrogen and oxygen atoms in total. The molecule has 32 heavy (non-hydrogen) atoms. The summed E-state index contributed by atoms with van der Waals surface area (Å²) in [6.45, 7) is 8.75. The lowest BCUT2D eigenvalue weighted by Gasteiger charge is -2.45. The van der Waals surface area contributed by atoms with Gasteiger partial charge in [-0.3, -0.25) is 14.5 Å². The number of hydrogen-bond donors (Lipinski definition) is 1. The van der Waals surface area contributed by atoms with Gasteiger partial charge in [0.1, 0.15) is 11.2 Å². The van der Waals surface area contributed by atoms with Crippen LogP contribution in [-0.2, 0) is 11.3 Å². The smallest absolute Gasteiger partial charge is 0.275 e. The van der Waals surface area contributed by atoms with Gasteiger partial charge in [-0.1, -0.05) is 13.0 Å². The van der Waals surface area contributed by atoms with Crippen LogP contribution in [0.1, 0.15) is 61.1 Å². The number of nitrogens with one attached hydrogen (secondary N) is 1. The summed E-state index contributed by atoms with van der Waals surface area (Å²) in [7, 11) is 0. The number of fused-ring (bicyclic) bond motifs is 3. The maximum Gasteiger partial charge on any atom is 0.275 e. The van der Waals surface area contributed by atoms with Gasteiger partial charge in [0.15, 0.2) is 0 Å². The average molecular weight is 450 g/mol. The Bertz CT molecular complexity index is 1200. The Kier molecular flexibility index (Phi) is 5.16. The SMILES string of the molecule is Cc1ccc(N2C(=O)c3cc4sccc4n3C[C@@]2(C)C(=O)NC2CCC(C)CC2)cc1C. The summed E-state index contributed by atoms with van der Waals surface area (Å²) in [4.78, 5) is 29.4. The van der Waals surface area contributed by atoms with Crippen molar-refractivity contribution in [3.8, 4) is 0 Å². The Hall–Kier alpha value is -2.60. The van der Waals surface area contributed by atoms with Crippen LogP contribution >= 0.6 is 11.3 Å². The number of anilines is 1. The van der Waals surface area contributed by atoms with Crippen LogP contribution in [0.2, 0.25) is 0 Å². The highest BCUT2D eigenvalue weighted by molar-refractivity contribution is 7.17. The third kappa shape index (κ3) is 3.36. The maximum absolute atomic E-state index is 13.9. The zero-order valence-electron chi connectivity index (χ0n) is 19.3. The first-order valence-electron chi connectivity index (χ1n) is 11.6. The number of aryl methyl sites for hydroxylation is 2. The van der Waals surface area contributed by atoms with Crippen molar-refractivity contribution in [2.24, 2.45) is 5.92 Å². The molecule has 1 aliphatic heterocycles. The third-order valence-electron chi connectivity index (χ3n) is 7.49. The fraction of sp³-hybridized carbons (Fsp3) is 0.462. The predicted octanol–water partition coefficient (Wildman–Crippen LogP) is 5.43. The minimum Gasteiger partial charge on any atom is -0.351 e. The van der Waals surface area contributed by atoms with Crippen LogP contribution in [0, 0.1) is 19.8 Å². The van der Waals surface area contributed by atoms with Crippen molar-refractivity contribution in [3.63, 3.8) is 0 Å². The van der Waals surface area contributed by atoms with E-state index in [0.717, 1.165) is 53.1 Å². The van der Waals surface area contributed by atoms with Crippen molar-refractivity contribution in [1.82, 2.24) is 9.88 Å². The average Bonchev–Trinajstić information content (AvgIpc) is 3.35. The number of rotatable bonds is 3. The van der Waals surface area contributed by atoms with E-state index in [9.17, 15) is 9.59 Å². The van der Waals surface area contributed by atoms with E-state index in [-0.39, 0.29) is 17.9 Å². The largest absolute Gasteiger partial charge is 0.351 e. The normalized spacial score (nSPS) is 25.8. The highest BCUT2D eigenvalue weighted by Gasteiger charge is 2.49. The molecule has 0 unspecified atom stereocenters. The third-order valence-corrected chi connectivity index (χ3v) is 8.35. The van der Waals surface area contributed by atoms with Gasteiger partial charge < -0.3 is 9.88 Å².